The summed E-state index contributed by atoms with van der Waals surface area (Å²) >= 11 is 10.1. The van der Waals surface area contributed by atoms with Crippen LogP contribution in [0.4, 0.5) is 4.79 Å². The minimum Gasteiger partial charge on any atom is -0.350 e. The third-order valence-electron chi connectivity index (χ3n) is 2.64. The van der Waals surface area contributed by atoms with E-state index in [0.717, 1.165) is 16.7 Å². The summed E-state index contributed by atoms with van der Waals surface area (Å²) in [7, 11) is 0. The van der Waals surface area contributed by atoms with Gasteiger partial charge in [0.25, 0.3) is 11.1 Å². The van der Waals surface area contributed by atoms with Gasteiger partial charge in [-0.15, -0.1) is 0 Å². The zero-order chi connectivity index (χ0) is 14.7. The van der Waals surface area contributed by atoms with Gasteiger partial charge in [-0.1, -0.05) is 23.4 Å². The molecule has 5 nitrogen and oxygen atoms in total. The predicted molar refractivity (Wildman–Crippen MR) is 81.1 cm³/mol. The van der Waals surface area contributed by atoms with Gasteiger partial charge in [0, 0.05) is 23.1 Å². The standard InChI is InChI=1S/C12H10BrClN2O3S/c13-8-5-7(1-2-9(8)14)11(18)15-3-4-16-10(17)6-20-12(16)19/h1-2,5H,3-4,6H2,(H,15,18). The first-order valence-corrected chi connectivity index (χ1v) is 7.85. The third-order valence-corrected chi connectivity index (χ3v) is 4.72. The molecule has 0 bridgehead atoms. The highest BCUT2D eigenvalue weighted by atomic mass is 79.9. The number of hydrogen-bond acceptors (Lipinski definition) is 4. The second kappa shape index (κ2) is 6.60. The molecule has 1 heterocycles. The SMILES string of the molecule is O=C(NCCN1C(=O)CSC1=O)c1ccc(Cl)c(Br)c1. The Bertz CT molecular complexity index is 566. The van der Waals surface area contributed by atoms with E-state index in [0.29, 0.717) is 15.1 Å². The summed E-state index contributed by atoms with van der Waals surface area (Å²) in [6.45, 7) is 0.405. The Labute approximate surface area is 133 Å². The summed E-state index contributed by atoms with van der Waals surface area (Å²) in [4.78, 5) is 35.7. The Morgan fingerprint density at radius 1 is 1.45 bits per heavy atom. The first kappa shape index (κ1) is 15.3. The number of nitrogens with one attached hydrogen (secondary N) is 1. The van der Waals surface area contributed by atoms with Crippen LogP contribution in [0.2, 0.25) is 5.02 Å². The van der Waals surface area contributed by atoms with Crippen LogP contribution in [0.3, 0.4) is 0 Å². The second-order valence-electron chi connectivity index (χ2n) is 3.98. The van der Waals surface area contributed by atoms with Crippen LogP contribution in [-0.2, 0) is 4.79 Å². The average molecular weight is 378 g/mol. The summed E-state index contributed by atoms with van der Waals surface area (Å²) in [5.41, 5.74) is 0.453. The van der Waals surface area contributed by atoms with Gasteiger partial charge in [0.1, 0.15) is 0 Å². The molecule has 1 aliphatic heterocycles. The zero-order valence-corrected chi connectivity index (χ0v) is 13.3. The molecule has 1 aromatic carbocycles. The smallest absolute Gasteiger partial charge is 0.288 e. The van der Waals surface area contributed by atoms with Crippen LogP contribution in [0.5, 0.6) is 0 Å². The third kappa shape index (κ3) is 3.53. The lowest BCUT2D eigenvalue weighted by atomic mass is 10.2. The zero-order valence-electron chi connectivity index (χ0n) is 10.2. The van der Waals surface area contributed by atoms with E-state index >= 15 is 0 Å². The Hall–Kier alpha value is -1.05. The van der Waals surface area contributed by atoms with Gasteiger partial charge < -0.3 is 5.32 Å². The van der Waals surface area contributed by atoms with Gasteiger partial charge in [-0.05, 0) is 34.1 Å². The van der Waals surface area contributed by atoms with Crippen LogP contribution in [0.25, 0.3) is 0 Å². The maximum atomic E-state index is 11.9. The lowest BCUT2D eigenvalue weighted by Crippen LogP contribution is -2.37. The van der Waals surface area contributed by atoms with E-state index in [9.17, 15) is 14.4 Å². The van der Waals surface area contributed by atoms with E-state index < -0.39 is 0 Å². The number of carbonyl (C=O) groups is 3. The van der Waals surface area contributed by atoms with Crippen molar-refractivity contribution in [2.45, 2.75) is 0 Å². The Morgan fingerprint density at radius 3 is 2.80 bits per heavy atom. The van der Waals surface area contributed by atoms with E-state index in [4.69, 9.17) is 11.6 Å². The minimum absolute atomic E-state index is 0.177. The molecular formula is C12H10BrClN2O3S. The van der Waals surface area contributed by atoms with Crippen molar-refractivity contribution >= 4 is 56.3 Å². The topological polar surface area (TPSA) is 66.5 Å². The number of benzene rings is 1. The number of hydrogen-bond donors (Lipinski definition) is 1. The Morgan fingerprint density at radius 2 is 2.20 bits per heavy atom. The van der Waals surface area contributed by atoms with Crippen molar-refractivity contribution in [1.29, 1.82) is 0 Å². The van der Waals surface area contributed by atoms with Gasteiger partial charge in [-0.25, -0.2) is 0 Å². The number of thioether (sulfide) groups is 1. The number of halogens is 2. The average Bonchev–Trinajstić information content (AvgIpc) is 2.73. The number of carbonyl (C=O) groups excluding carboxylic acids is 3. The molecule has 1 aromatic rings. The van der Waals surface area contributed by atoms with Gasteiger partial charge in [0.05, 0.1) is 10.8 Å². The van der Waals surface area contributed by atoms with Crippen molar-refractivity contribution in [2.75, 3.05) is 18.8 Å². The predicted octanol–water partition coefficient (Wildman–Crippen LogP) is 2.53. The van der Waals surface area contributed by atoms with Crippen LogP contribution in [0, 0.1) is 0 Å². The summed E-state index contributed by atoms with van der Waals surface area (Å²) in [5, 5.41) is 2.91. The number of imide groups is 1. The number of amides is 3. The lowest BCUT2D eigenvalue weighted by Gasteiger charge is -2.13. The van der Waals surface area contributed by atoms with Crippen LogP contribution in [0.15, 0.2) is 22.7 Å². The van der Waals surface area contributed by atoms with Crippen molar-refractivity contribution in [3.8, 4) is 0 Å². The molecule has 0 aromatic heterocycles. The molecule has 1 saturated heterocycles. The molecular weight excluding hydrogens is 368 g/mol. The first-order valence-electron chi connectivity index (χ1n) is 5.69. The van der Waals surface area contributed by atoms with Crippen LogP contribution in [0.1, 0.15) is 10.4 Å². The minimum atomic E-state index is -0.283. The summed E-state index contributed by atoms with van der Waals surface area (Å²) < 4.78 is 0.633. The van der Waals surface area contributed by atoms with E-state index in [1.807, 2.05) is 0 Å². The summed E-state index contributed by atoms with van der Waals surface area (Å²) in [6.07, 6.45) is 0. The molecule has 0 spiro atoms. The Kier molecular flexibility index (Phi) is 5.06. The van der Waals surface area contributed by atoms with E-state index in [-0.39, 0.29) is 35.9 Å². The van der Waals surface area contributed by atoms with Gasteiger partial charge in [-0.2, -0.15) is 0 Å². The normalized spacial score (nSPS) is 14.8. The van der Waals surface area contributed by atoms with Crippen LogP contribution < -0.4 is 5.32 Å². The molecule has 106 valence electrons. The lowest BCUT2D eigenvalue weighted by molar-refractivity contribution is -0.124. The first-order chi connectivity index (χ1) is 9.49. The molecule has 1 N–H and O–H groups in total. The van der Waals surface area contributed by atoms with Crippen LogP contribution >= 0.6 is 39.3 Å². The van der Waals surface area contributed by atoms with E-state index in [1.165, 1.54) is 0 Å². The molecule has 1 aliphatic rings. The Balaban J connectivity index is 1.87. The molecule has 1 fully saturated rings. The molecule has 20 heavy (non-hydrogen) atoms. The van der Waals surface area contributed by atoms with Crippen molar-refractivity contribution in [3.63, 3.8) is 0 Å². The maximum Gasteiger partial charge on any atom is 0.288 e. The van der Waals surface area contributed by atoms with Gasteiger partial charge in [0.2, 0.25) is 5.91 Å². The fraction of sp³-hybridized carbons (Fsp3) is 0.250. The van der Waals surface area contributed by atoms with Gasteiger partial charge in [0.15, 0.2) is 0 Å². The molecule has 0 radical (unpaired) electrons. The van der Waals surface area contributed by atoms with Crippen molar-refractivity contribution in [3.05, 3.63) is 33.3 Å². The quantitative estimate of drug-likeness (QED) is 0.875. The van der Waals surface area contributed by atoms with Crippen molar-refractivity contribution in [1.82, 2.24) is 10.2 Å². The fourth-order valence-electron chi connectivity index (χ4n) is 1.62. The monoisotopic (exact) mass is 376 g/mol. The van der Waals surface area contributed by atoms with E-state index in [1.54, 1.807) is 18.2 Å². The largest absolute Gasteiger partial charge is 0.350 e. The highest BCUT2D eigenvalue weighted by Crippen LogP contribution is 2.23. The highest BCUT2D eigenvalue weighted by Gasteiger charge is 2.29. The number of nitrogens with zero attached hydrogens (tertiary/aromatic N) is 1. The van der Waals surface area contributed by atoms with Crippen LogP contribution in [-0.4, -0.2) is 40.8 Å². The highest BCUT2D eigenvalue weighted by molar-refractivity contribution is 9.10. The molecule has 0 aliphatic carbocycles. The molecule has 2 rings (SSSR count). The van der Waals surface area contributed by atoms with Crippen molar-refractivity contribution < 1.29 is 14.4 Å². The summed E-state index contributed by atoms with van der Waals surface area (Å²) in [6, 6.07) is 4.83. The number of rotatable bonds is 4. The summed E-state index contributed by atoms with van der Waals surface area (Å²) in [5.74, 6) is -0.325. The van der Waals surface area contributed by atoms with Crippen molar-refractivity contribution in [2.24, 2.45) is 0 Å². The molecule has 0 atom stereocenters. The molecule has 8 heteroatoms. The second-order valence-corrected chi connectivity index (χ2v) is 6.17. The van der Waals surface area contributed by atoms with Gasteiger partial charge in [-0.3, -0.25) is 19.3 Å². The van der Waals surface area contributed by atoms with E-state index in [2.05, 4.69) is 21.2 Å². The molecule has 0 saturated carbocycles. The maximum absolute atomic E-state index is 11.9. The molecule has 3 amide bonds. The van der Waals surface area contributed by atoms with Gasteiger partial charge >= 0.3 is 0 Å². The fourth-order valence-corrected chi connectivity index (χ4v) is 2.87. The molecule has 0 unspecified atom stereocenters.